The van der Waals surface area contributed by atoms with Crippen molar-refractivity contribution in [1.82, 2.24) is 0 Å². The van der Waals surface area contributed by atoms with Gasteiger partial charge in [-0.15, -0.1) is 4.91 Å². The highest BCUT2D eigenvalue weighted by Crippen LogP contribution is 2.31. The molecular formula is C11H5F2NO5. The van der Waals surface area contributed by atoms with Crippen LogP contribution in [0, 0.1) is 23.5 Å². The number of nitrogens with zero attached hydrogens (tertiary/aromatic N) is 1. The van der Waals surface area contributed by atoms with Crippen molar-refractivity contribution in [1.29, 1.82) is 0 Å². The third-order valence-corrected chi connectivity index (χ3v) is 2.63. The van der Waals surface area contributed by atoms with Crippen LogP contribution in [0.1, 0.15) is 15.9 Å². The van der Waals surface area contributed by atoms with Gasteiger partial charge in [0.25, 0.3) is 0 Å². The molecule has 0 aliphatic carbocycles. The minimum atomic E-state index is -1.58. The van der Waals surface area contributed by atoms with Crippen molar-refractivity contribution in [3.63, 3.8) is 0 Å². The van der Waals surface area contributed by atoms with Crippen LogP contribution in [0.4, 0.5) is 14.5 Å². The third-order valence-electron chi connectivity index (χ3n) is 2.63. The van der Waals surface area contributed by atoms with Crippen LogP contribution in [0.25, 0.3) is 11.0 Å². The van der Waals surface area contributed by atoms with Gasteiger partial charge < -0.3 is 9.52 Å². The van der Waals surface area contributed by atoms with Gasteiger partial charge in [0.1, 0.15) is 5.56 Å². The molecule has 0 saturated carbocycles. The third kappa shape index (κ3) is 1.77. The van der Waals surface area contributed by atoms with Crippen LogP contribution in [0.2, 0.25) is 0 Å². The lowest BCUT2D eigenvalue weighted by atomic mass is 10.1. The monoisotopic (exact) mass is 269 g/mol. The first kappa shape index (κ1) is 12.8. The van der Waals surface area contributed by atoms with Gasteiger partial charge in [-0.25, -0.2) is 18.4 Å². The summed E-state index contributed by atoms with van der Waals surface area (Å²) in [6, 6.07) is 0.694. The fraction of sp³-hybridized carbons (Fsp3) is 0.0909. The number of fused-ring (bicyclic) bond motifs is 1. The molecule has 1 N–H and O–H groups in total. The van der Waals surface area contributed by atoms with E-state index in [0.717, 1.165) is 0 Å². The zero-order valence-electron chi connectivity index (χ0n) is 9.36. The highest BCUT2D eigenvalue weighted by atomic mass is 19.1. The Balaban J connectivity index is 3.06. The van der Waals surface area contributed by atoms with Crippen molar-refractivity contribution < 1.29 is 23.1 Å². The van der Waals surface area contributed by atoms with Crippen LogP contribution in [0.15, 0.2) is 20.5 Å². The summed E-state index contributed by atoms with van der Waals surface area (Å²) in [6.07, 6.45) is 0. The van der Waals surface area contributed by atoms with E-state index in [9.17, 15) is 23.3 Å². The van der Waals surface area contributed by atoms with Crippen LogP contribution in [0.5, 0.6) is 0 Å². The Hall–Kier alpha value is -2.64. The maximum atomic E-state index is 13.7. The topological polar surface area (TPSA) is 96.9 Å². The lowest BCUT2D eigenvalue weighted by Gasteiger charge is -2.06. The first-order valence-electron chi connectivity index (χ1n) is 4.90. The van der Waals surface area contributed by atoms with Crippen LogP contribution in [-0.4, -0.2) is 11.1 Å². The van der Waals surface area contributed by atoms with Gasteiger partial charge in [-0.2, -0.15) is 0 Å². The van der Waals surface area contributed by atoms with Crippen molar-refractivity contribution in [3.8, 4) is 0 Å². The molecule has 0 spiro atoms. The number of aryl methyl sites for hydroxylation is 1. The molecule has 2 aromatic rings. The summed E-state index contributed by atoms with van der Waals surface area (Å²) >= 11 is 0. The molecule has 0 aliphatic heterocycles. The number of carboxylic acid groups (broad SMARTS) is 1. The highest BCUT2D eigenvalue weighted by molar-refractivity contribution is 5.95. The van der Waals surface area contributed by atoms with E-state index in [0.29, 0.717) is 6.07 Å². The lowest BCUT2D eigenvalue weighted by molar-refractivity contribution is 0.0691. The largest absolute Gasteiger partial charge is 0.477 e. The molecule has 8 heteroatoms. The van der Waals surface area contributed by atoms with Crippen LogP contribution >= 0.6 is 0 Å². The quantitative estimate of drug-likeness (QED) is 0.667. The predicted octanol–water partition coefficient (Wildman–Crippen LogP) is 2.48. The number of hydrogen-bond acceptors (Lipinski definition) is 5. The van der Waals surface area contributed by atoms with Crippen molar-refractivity contribution in [2.24, 2.45) is 5.18 Å². The Bertz CT molecular complexity index is 781. The molecule has 0 amide bonds. The average Bonchev–Trinajstić information content (AvgIpc) is 2.31. The molecule has 19 heavy (non-hydrogen) atoms. The minimum Gasteiger partial charge on any atom is -0.477 e. The maximum Gasteiger partial charge on any atom is 0.351 e. The van der Waals surface area contributed by atoms with E-state index in [1.165, 1.54) is 6.92 Å². The second-order valence-corrected chi connectivity index (χ2v) is 3.68. The molecule has 0 atom stereocenters. The molecule has 6 nitrogen and oxygen atoms in total. The lowest BCUT2D eigenvalue weighted by Crippen LogP contribution is -2.16. The SMILES string of the molecule is Cc1c(C(=O)O)c(=O)oc2c(F)c(N=O)c(F)cc12. The van der Waals surface area contributed by atoms with Gasteiger partial charge in [0.15, 0.2) is 22.9 Å². The molecule has 98 valence electrons. The summed E-state index contributed by atoms with van der Waals surface area (Å²) in [4.78, 5) is 32.6. The van der Waals surface area contributed by atoms with E-state index in [2.05, 4.69) is 9.59 Å². The molecule has 0 fully saturated rings. The summed E-state index contributed by atoms with van der Waals surface area (Å²) in [5.74, 6) is -4.29. The Morgan fingerprint density at radius 2 is 2.05 bits per heavy atom. The summed E-state index contributed by atoms with van der Waals surface area (Å²) in [5, 5.41) is 10.7. The Morgan fingerprint density at radius 1 is 1.42 bits per heavy atom. The smallest absolute Gasteiger partial charge is 0.351 e. The maximum absolute atomic E-state index is 13.7. The van der Waals surface area contributed by atoms with Crippen LogP contribution < -0.4 is 5.63 Å². The molecule has 0 unspecified atom stereocenters. The Kier molecular flexibility index (Phi) is 2.85. The fourth-order valence-corrected chi connectivity index (χ4v) is 1.73. The first-order valence-corrected chi connectivity index (χ1v) is 4.90. The summed E-state index contributed by atoms with van der Waals surface area (Å²) in [5.41, 5.74) is -4.01. The molecule has 1 aromatic heterocycles. The highest BCUT2D eigenvalue weighted by Gasteiger charge is 2.23. The van der Waals surface area contributed by atoms with Gasteiger partial charge >= 0.3 is 11.6 Å². The van der Waals surface area contributed by atoms with Gasteiger partial charge in [-0.3, -0.25) is 0 Å². The number of halogens is 2. The normalized spacial score (nSPS) is 10.7. The van der Waals surface area contributed by atoms with E-state index >= 15 is 0 Å². The fourth-order valence-electron chi connectivity index (χ4n) is 1.73. The van der Waals surface area contributed by atoms with E-state index in [1.807, 2.05) is 0 Å². The second-order valence-electron chi connectivity index (χ2n) is 3.68. The predicted molar refractivity (Wildman–Crippen MR) is 59.6 cm³/mol. The minimum absolute atomic E-state index is 0.158. The molecule has 1 heterocycles. The van der Waals surface area contributed by atoms with Gasteiger partial charge in [0.05, 0.1) is 0 Å². The van der Waals surface area contributed by atoms with Gasteiger partial charge in [0.2, 0.25) is 0 Å². The van der Waals surface area contributed by atoms with Crippen LogP contribution in [0.3, 0.4) is 0 Å². The van der Waals surface area contributed by atoms with Gasteiger partial charge in [0, 0.05) is 5.39 Å². The van der Waals surface area contributed by atoms with Crippen LogP contribution in [-0.2, 0) is 0 Å². The number of rotatable bonds is 2. The van der Waals surface area contributed by atoms with Crippen molar-refractivity contribution in [2.75, 3.05) is 0 Å². The second kappa shape index (κ2) is 4.23. The Labute approximate surface area is 103 Å². The van der Waals surface area contributed by atoms with Gasteiger partial charge in [-0.1, -0.05) is 0 Å². The zero-order chi connectivity index (χ0) is 14.3. The molecule has 0 saturated heterocycles. The molecule has 0 aliphatic rings. The standard InChI is InChI=1S/C11H5F2NO5/c1-3-4-2-5(12)8(14-18)7(13)9(4)19-11(17)6(3)10(15)16/h2H,1H3,(H,15,16). The van der Waals surface area contributed by atoms with E-state index in [1.54, 1.807) is 0 Å². The van der Waals surface area contributed by atoms with Crippen molar-refractivity contribution in [3.05, 3.63) is 44.2 Å². The molecule has 0 radical (unpaired) electrons. The van der Waals surface area contributed by atoms with E-state index in [-0.39, 0.29) is 10.9 Å². The average molecular weight is 269 g/mol. The molecule has 1 aromatic carbocycles. The number of nitroso groups, excluding NO2 is 1. The summed E-state index contributed by atoms with van der Waals surface area (Å²) < 4.78 is 31.6. The first-order chi connectivity index (χ1) is 8.88. The Morgan fingerprint density at radius 3 is 2.58 bits per heavy atom. The van der Waals surface area contributed by atoms with Gasteiger partial charge in [-0.05, 0) is 23.7 Å². The molecule has 0 bridgehead atoms. The number of aromatic carboxylic acids is 1. The van der Waals surface area contributed by atoms with Crippen molar-refractivity contribution in [2.45, 2.75) is 6.92 Å². The summed E-state index contributed by atoms with van der Waals surface area (Å²) in [6.45, 7) is 1.20. The van der Waals surface area contributed by atoms with Crippen molar-refractivity contribution >= 4 is 22.6 Å². The number of hydrogen-bond donors (Lipinski definition) is 1. The molecular weight excluding hydrogens is 264 g/mol. The zero-order valence-corrected chi connectivity index (χ0v) is 9.36. The summed E-state index contributed by atoms with van der Waals surface area (Å²) in [7, 11) is 0. The van der Waals surface area contributed by atoms with E-state index < -0.39 is 40.1 Å². The van der Waals surface area contributed by atoms with E-state index in [4.69, 9.17) is 5.11 Å². The molecule has 2 rings (SSSR count). The number of carboxylic acids is 1. The number of carbonyl (C=O) groups is 1. The number of benzene rings is 1.